The third-order valence-electron chi connectivity index (χ3n) is 3.74. The van der Waals surface area contributed by atoms with E-state index in [1.807, 2.05) is 31.2 Å². The van der Waals surface area contributed by atoms with Crippen LogP contribution in [0.4, 0.5) is 15.8 Å². The fraction of sp³-hybridized carbons (Fsp3) is 0.300. The molecule has 27 heavy (non-hydrogen) atoms. The summed E-state index contributed by atoms with van der Waals surface area (Å²) in [7, 11) is 0. The summed E-state index contributed by atoms with van der Waals surface area (Å²) in [6.07, 6.45) is 2.31. The zero-order chi connectivity index (χ0) is 19.8. The Balaban J connectivity index is 1.95. The number of rotatable bonds is 8. The second-order valence-electron chi connectivity index (χ2n) is 6.06. The maximum atomic E-state index is 13.2. The van der Waals surface area contributed by atoms with Gasteiger partial charge in [0, 0.05) is 22.7 Å². The van der Waals surface area contributed by atoms with Crippen LogP contribution in [0.1, 0.15) is 33.1 Å². The standard InChI is InChI=1S/C20H22ClFN2O2S/c1-3-4-8-19(25)23-14-6-5-7-16(11-14)27-13(2)20(26)24-15-9-10-18(22)17(21)12-15/h5-7,9-13H,3-4,8H2,1-2H3,(H,23,25)(H,24,26). The van der Waals surface area contributed by atoms with Crippen molar-refractivity contribution in [2.45, 2.75) is 43.3 Å². The van der Waals surface area contributed by atoms with Crippen molar-refractivity contribution in [1.29, 1.82) is 0 Å². The lowest BCUT2D eigenvalue weighted by Crippen LogP contribution is -2.22. The lowest BCUT2D eigenvalue weighted by molar-refractivity contribution is -0.116. The monoisotopic (exact) mass is 408 g/mol. The Morgan fingerprint density at radius 3 is 2.59 bits per heavy atom. The number of anilines is 2. The summed E-state index contributed by atoms with van der Waals surface area (Å²) in [4.78, 5) is 25.1. The Bertz CT molecular complexity index is 816. The number of hydrogen-bond donors (Lipinski definition) is 2. The lowest BCUT2D eigenvalue weighted by Gasteiger charge is -2.13. The van der Waals surface area contributed by atoms with Crippen molar-refractivity contribution in [3.05, 3.63) is 53.3 Å². The molecule has 0 aliphatic heterocycles. The number of nitrogens with one attached hydrogen (secondary N) is 2. The predicted octanol–water partition coefficient (Wildman–Crippen LogP) is 5.73. The number of carbonyl (C=O) groups is 2. The van der Waals surface area contributed by atoms with Crippen molar-refractivity contribution in [3.8, 4) is 0 Å². The molecule has 2 rings (SSSR count). The van der Waals surface area contributed by atoms with E-state index in [1.54, 1.807) is 6.92 Å². The van der Waals surface area contributed by atoms with Gasteiger partial charge < -0.3 is 10.6 Å². The van der Waals surface area contributed by atoms with Crippen molar-refractivity contribution in [1.82, 2.24) is 0 Å². The van der Waals surface area contributed by atoms with E-state index in [0.717, 1.165) is 17.7 Å². The molecular formula is C20H22ClFN2O2S. The van der Waals surface area contributed by atoms with Crippen LogP contribution in [0.5, 0.6) is 0 Å². The van der Waals surface area contributed by atoms with Gasteiger partial charge in [0.25, 0.3) is 0 Å². The summed E-state index contributed by atoms with van der Waals surface area (Å²) >= 11 is 7.10. The molecule has 2 N–H and O–H groups in total. The molecule has 1 unspecified atom stereocenters. The fourth-order valence-corrected chi connectivity index (χ4v) is 3.39. The van der Waals surface area contributed by atoms with Crippen molar-refractivity contribution in [3.63, 3.8) is 0 Å². The number of amides is 2. The lowest BCUT2D eigenvalue weighted by atomic mass is 10.2. The van der Waals surface area contributed by atoms with E-state index in [4.69, 9.17) is 11.6 Å². The Morgan fingerprint density at radius 1 is 1.15 bits per heavy atom. The minimum Gasteiger partial charge on any atom is -0.326 e. The summed E-state index contributed by atoms with van der Waals surface area (Å²) in [5.74, 6) is -0.770. The normalized spacial score (nSPS) is 11.7. The molecule has 0 aliphatic rings. The zero-order valence-electron chi connectivity index (χ0n) is 15.2. The highest BCUT2D eigenvalue weighted by Crippen LogP contribution is 2.27. The van der Waals surface area contributed by atoms with E-state index in [2.05, 4.69) is 10.6 Å². The average molecular weight is 409 g/mol. The van der Waals surface area contributed by atoms with Crippen LogP contribution in [0.2, 0.25) is 5.02 Å². The van der Waals surface area contributed by atoms with E-state index >= 15 is 0 Å². The molecule has 0 heterocycles. The number of unbranched alkanes of at least 4 members (excludes halogenated alkanes) is 1. The molecule has 0 spiro atoms. The SMILES string of the molecule is CCCCC(=O)Nc1cccc(SC(C)C(=O)Nc2ccc(F)c(Cl)c2)c1. The summed E-state index contributed by atoms with van der Waals surface area (Å²) < 4.78 is 13.2. The molecule has 0 radical (unpaired) electrons. The number of benzene rings is 2. The number of halogens is 2. The Morgan fingerprint density at radius 2 is 1.89 bits per heavy atom. The van der Waals surface area contributed by atoms with Gasteiger partial charge in [-0.3, -0.25) is 9.59 Å². The molecule has 7 heteroatoms. The average Bonchev–Trinajstić information content (AvgIpc) is 2.63. The van der Waals surface area contributed by atoms with E-state index in [-0.39, 0.29) is 22.1 Å². The van der Waals surface area contributed by atoms with Crippen LogP contribution >= 0.6 is 23.4 Å². The van der Waals surface area contributed by atoms with Gasteiger partial charge in [-0.1, -0.05) is 31.0 Å². The van der Waals surface area contributed by atoms with Gasteiger partial charge in [0.05, 0.1) is 10.3 Å². The van der Waals surface area contributed by atoms with Gasteiger partial charge in [-0.15, -0.1) is 11.8 Å². The van der Waals surface area contributed by atoms with E-state index in [1.165, 1.54) is 30.0 Å². The van der Waals surface area contributed by atoms with Crippen molar-refractivity contribution >= 4 is 46.6 Å². The molecule has 2 aromatic carbocycles. The molecule has 4 nitrogen and oxygen atoms in total. The number of hydrogen-bond acceptors (Lipinski definition) is 3. The van der Waals surface area contributed by atoms with Gasteiger partial charge in [-0.25, -0.2) is 4.39 Å². The van der Waals surface area contributed by atoms with Crippen LogP contribution in [0.3, 0.4) is 0 Å². The highest BCUT2D eigenvalue weighted by Gasteiger charge is 2.15. The largest absolute Gasteiger partial charge is 0.326 e. The maximum Gasteiger partial charge on any atom is 0.237 e. The molecule has 144 valence electrons. The summed E-state index contributed by atoms with van der Waals surface area (Å²) in [6.45, 7) is 3.81. The highest BCUT2D eigenvalue weighted by atomic mass is 35.5. The van der Waals surface area contributed by atoms with Crippen molar-refractivity contribution in [2.75, 3.05) is 10.6 Å². The van der Waals surface area contributed by atoms with Crippen LogP contribution in [-0.4, -0.2) is 17.1 Å². The molecule has 0 bridgehead atoms. The number of thioether (sulfide) groups is 1. The third kappa shape index (κ3) is 6.88. The Labute approximate surface area is 167 Å². The fourth-order valence-electron chi connectivity index (χ4n) is 2.28. The van der Waals surface area contributed by atoms with E-state index < -0.39 is 5.82 Å². The van der Waals surface area contributed by atoms with E-state index in [9.17, 15) is 14.0 Å². The molecule has 2 aromatic rings. The Hall–Kier alpha value is -2.05. The summed E-state index contributed by atoms with van der Waals surface area (Å²) in [5.41, 5.74) is 1.15. The Kier molecular flexibility index (Phi) is 8.13. The van der Waals surface area contributed by atoms with Gasteiger partial charge in [0.15, 0.2) is 0 Å². The minimum absolute atomic E-state index is 0.0158. The quantitative estimate of drug-likeness (QED) is 0.548. The van der Waals surface area contributed by atoms with Gasteiger partial charge in [0.2, 0.25) is 11.8 Å². The van der Waals surface area contributed by atoms with Gasteiger partial charge in [-0.2, -0.15) is 0 Å². The first-order valence-corrected chi connectivity index (χ1v) is 9.97. The second kappa shape index (κ2) is 10.3. The molecule has 0 saturated carbocycles. The summed E-state index contributed by atoms with van der Waals surface area (Å²) in [5, 5.41) is 5.16. The van der Waals surface area contributed by atoms with Gasteiger partial charge >= 0.3 is 0 Å². The predicted molar refractivity (Wildman–Crippen MR) is 110 cm³/mol. The van der Waals surface area contributed by atoms with Crippen LogP contribution < -0.4 is 10.6 Å². The second-order valence-corrected chi connectivity index (χ2v) is 7.88. The van der Waals surface area contributed by atoms with Crippen LogP contribution in [0.15, 0.2) is 47.4 Å². The first-order chi connectivity index (χ1) is 12.9. The zero-order valence-corrected chi connectivity index (χ0v) is 16.8. The van der Waals surface area contributed by atoms with Crippen molar-refractivity contribution < 1.29 is 14.0 Å². The number of carbonyl (C=O) groups excluding carboxylic acids is 2. The first kappa shape index (κ1) is 21.3. The highest BCUT2D eigenvalue weighted by molar-refractivity contribution is 8.00. The smallest absolute Gasteiger partial charge is 0.237 e. The molecule has 0 aromatic heterocycles. The van der Waals surface area contributed by atoms with Crippen LogP contribution in [-0.2, 0) is 9.59 Å². The summed E-state index contributed by atoms with van der Waals surface area (Å²) in [6, 6.07) is 11.4. The first-order valence-electron chi connectivity index (χ1n) is 8.71. The molecule has 0 fully saturated rings. The molecule has 0 aliphatic carbocycles. The van der Waals surface area contributed by atoms with Gasteiger partial charge in [0.1, 0.15) is 5.82 Å². The van der Waals surface area contributed by atoms with Crippen molar-refractivity contribution in [2.24, 2.45) is 0 Å². The molecular weight excluding hydrogens is 387 g/mol. The van der Waals surface area contributed by atoms with Gasteiger partial charge in [-0.05, 0) is 49.7 Å². The van der Waals surface area contributed by atoms with E-state index in [0.29, 0.717) is 17.8 Å². The van der Waals surface area contributed by atoms with Crippen LogP contribution in [0, 0.1) is 5.82 Å². The maximum absolute atomic E-state index is 13.2. The molecule has 0 saturated heterocycles. The topological polar surface area (TPSA) is 58.2 Å². The minimum atomic E-state index is -0.533. The molecule has 1 atom stereocenters. The molecule has 2 amide bonds. The van der Waals surface area contributed by atoms with Crippen LogP contribution in [0.25, 0.3) is 0 Å². The third-order valence-corrected chi connectivity index (χ3v) is 5.13.